The van der Waals surface area contributed by atoms with E-state index in [-0.39, 0.29) is 22.7 Å². The molecule has 37 heavy (non-hydrogen) atoms. The second-order valence-electron chi connectivity index (χ2n) is 9.93. The molecule has 0 bridgehead atoms. The molecule has 3 unspecified atom stereocenters. The van der Waals surface area contributed by atoms with Gasteiger partial charge in [-0.05, 0) is 30.5 Å². The number of nitrogens with zero attached hydrogens (tertiary/aromatic N) is 1. The van der Waals surface area contributed by atoms with Crippen LogP contribution in [0.25, 0.3) is 0 Å². The summed E-state index contributed by atoms with van der Waals surface area (Å²) in [4.78, 5) is 29.3. The minimum absolute atomic E-state index is 0.0400. The highest BCUT2D eigenvalue weighted by Gasteiger charge is 2.57. The third-order valence-corrected chi connectivity index (χ3v) is 9.55. The predicted molar refractivity (Wildman–Crippen MR) is 154 cm³/mol. The van der Waals surface area contributed by atoms with E-state index in [0.29, 0.717) is 12.3 Å². The minimum atomic E-state index is -0.525. The van der Waals surface area contributed by atoms with Crippen LogP contribution in [0.5, 0.6) is 0 Å². The molecule has 0 saturated carbocycles. The van der Waals surface area contributed by atoms with Crippen molar-refractivity contribution < 1.29 is 14.3 Å². The van der Waals surface area contributed by atoms with Gasteiger partial charge in [0.25, 0.3) is 0 Å². The Balaban J connectivity index is 1.62. The molecule has 1 aliphatic rings. The molecule has 3 aromatic rings. The Morgan fingerprint density at radius 1 is 0.838 bits per heavy atom. The minimum Gasteiger partial charge on any atom is -0.469 e. The molecule has 1 fully saturated rings. The van der Waals surface area contributed by atoms with Gasteiger partial charge in [0.1, 0.15) is 0 Å². The number of rotatable bonds is 11. The lowest BCUT2D eigenvalue weighted by molar-refractivity contribution is -0.148. The zero-order valence-corrected chi connectivity index (χ0v) is 23.3. The van der Waals surface area contributed by atoms with E-state index in [1.807, 2.05) is 71.6 Å². The smallest absolute Gasteiger partial charge is 0.311 e. The van der Waals surface area contributed by atoms with Crippen LogP contribution in [0.1, 0.15) is 30.5 Å². The topological polar surface area (TPSA) is 46.6 Å². The summed E-state index contributed by atoms with van der Waals surface area (Å²) in [6.07, 6.45) is 0. The monoisotopic (exact) mass is 533 g/mol. The first-order valence-corrected chi connectivity index (χ1v) is 14.8. The largest absolute Gasteiger partial charge is 0.469 e. The SMILES string of the molecule is COC(=O)C1C(CSCc2ccccc2)C(=O)N(Cc2ccccc2)C1C(C)(C)SCc1ccccc1. The normalized spacial score (nSPS) is 19.7. The second kappa shape index (κ2) is 12.7. The molecule has 4 rings (SSSR count). The van der Waals surface area contributed by atoms with Crippen molar-refractivity contribution in [1.82, 2.24) is 4.90 Å². The van der Waals surface area contributed by atoms with Gasteiger partial charge in [-0.15, -0.1) is 11.8 Å². The van der Waals surface area contributed by atoms with Gasteiger partial charge in [-0.1, -0.05) is 91.0 Å². The summed E-state index contributed by atoms with van der Waals surface area (Å²) in [7, 11) is 1.43. The summed E-state index contributed by atoms with van der Waals surface area (Å²) in [5, 5.41) is 0. The number of hydrogen-bond donors (Lipinski definition) is 0. The molecule has 1 amide bonds. The first-order valence-electron chi connectivity index (χ1n) is 12.6. The van der Waals surface area contributed by atoms with Crippen LogP contribution in [0, 0.1) is 11.8 Å². The number of esters is 1. The number of carbonyl (C=O) groups is 2. The van der Waals surface area contributed by atoms with E-state index in [1.54, 1.807) is 23.5 Å². The Labute approximate surface area is 229 Å². The van der Waals surface area contributed by atoms with Crippen LogP contribution in [-0.2, 0) is 32.4 Å². The number of amides is 1. The molecule has 0 aromatic heterocycles. The zero-order chi connectivity index (χ0) is 26.3. The fourth-order valence-electron chi connectivity index (χ4n) is 5.09. The van der Waals surface area contributed by atoms with Gasteiger partial charge in [0, 0.05) is 28.6 Å². The highest BCUT2D eigenvalue weighted by molar-refractivity contribution is 8.00. The van der Waals surface area contributed by atoms with Gasteiger partial charge >= 0.3 is 5.97 Å². The van der Waals surface area contributed by atoms with Crippen LogP contribution >= 0.6 is 23.5 Å². The first-order chi connectivity index (χ1) is 17.9. The third kappa shape index (κ3) is 6.79. The summed E-state index contributed by atoms with van der Waals surface area (Å²) in [6, 6.07) is 30.3. The van der Waals surface area contributed by atoms with Crippen LogP contribution in [0.15, 0.2) is 91.0 Å². The number of thioether (sulfide) groups is 2. The van der Waals surface area contributed by atoms with E-state index < -0.39 is 11.8 Å². The highest BCUT2D eigenvalue weighted by atomic mass is 32.2. The summed E-state index contributed by atoms with van der Waals surface area (Å²) >= 11 is 3.50. The Morgan fingerprint density at radius 3 is 1.89 bits per heavy atom. The molecule has 6 heteroatoms. The van der Waals surface area contributed by atoms with Crippen molar-refractivity contribution in [3.05, 3.63) is 108 Å². The standard InChI is InChI=1S/C31H35NO3S2/c1-31(2,37-21-25-17-11-6-12-18-25)28-27(30(34)35-3)26(22-36-20-24-15-9-5-10-16-24)29(33)32(28)19-23-13-7-4-8-14-23/h4-18,26-28H,19-22H2,1-3H3. The second-order valence-corrected chi connectivity index (χ2v) is 12.6. The number of ether oxygens (including phenoxy) is 1. The van der Waals surface area contributed by atoms with E-state index in [9.17, 15) is 9.59 Å². The van der Waals surface area contributed by atoms with Crippen molar-refractivity contribution in [3.63, 3.8) is 0 Å². The maximum Gasteiger partial charge on any atom is 0.311 e. The van der Waals surface area contributed by atoms with Crippen molar-refractivity contribution in [2.45, 2.75) is 42.7 Å². The maximum atomic E-state index is 14.0. The van der Waals surface area contributed by atoms with Gasteiger partial charge in [-0.25, -0.2) is 0 Å². The van der Waals surface area contributed by atoms with Gasteiger partial charge in [0.05, 0.1) is 25.0 Å². The lowest BCUT2D eigenvalue weighted by Gasteiger charge is -2.40. The summed E-state index contributed by atoms with van der Waals surface area (Å²) in [6.45, 7) is 4.80. The van der Waals surface area contributed by atoms with E-state index in [1.165, 1.54) is 18.2 Å². The van der Waals surface area contributed by atoms with Gasteiger partial charge in [-0.2, -0.15) is 11.8 Å². The highest BCUT2D eigenvalue weighted by Crippen LogP contribution is 2.46. The van der Waals surface area contributed by atoms with E-state index in [4.69, 9.17) is 4.74 Å². The zero-order valence-electron chi connectivity index (χ0n) is 21.7. The van der Waals surface area contributed by atoms with Gasteiger partial charge < -0.3 is 9.64 Å². The molecule has 0 radical (unpaired) electrons. The molecule has 3 aromatic carbocycles. The van der Waals surface area contributed by atoms with Crippen LogP contribution in [-0.4, -0.2) is 40.4 Å². The number of methoxy groups -OCH3 is 1. The molecule has 3 atom stereocenters. The lowest BCUT2D eigenvalue weighted by atomic mass is 9.85. The molecule has 0 spiro atoms. The Morgan fingerprint density at radius 2 is 1.35 bits per heavy atom. The fourth-order valence-corrected chi connectivity index (χ4v) is 7.42. The number of likely N-dealkylation sites (tertiary alicyclic amines) is 1. The molecule has 1 saturated heterocycles. The maximum absolute atomic E-state index is 14.0. The molecule has 0 N–H and O–H groups in total. The first kappa shape index (κ1) is 27.3. The summed E-state index contributed by atoms with van der Waals surface area (Å²) in [5.74, 6) is 0.974. The molecular formula is C31H35NO3S2. The fraction of sp³-hybridized carbons (Fsp3) is 0.355. The molecule has 0 aliphatic carbocycles. The van der Waals surface area contributed by atoms with Crippen LogP contribution in [0.3, 0.4) is 0 Å². The van der Waals surface area contributed by atoms with Gasteiger partial charge in [0.2, 0.25) is 5.91 Å². The van der Waals surface area contributed by atoms with E-state index >= 15 is 0 Å². The lowest BCUT2D eigenvalue weighted by Crippen LogP contribution is -2.49. The molecule has 194 valence electrons. The average Bonchev–Trinajstić information content (AvgIpc) is 3.20. The predicted octanol–water partition coefficient (Wildman–Crippen LogP) is 6.45. The quantitative estimate of drug-likeness (QED) is 0.265. The molecule has 1 heterocycles. The Kier molecular flexibility index (Phi) is 9.38. The van der Waals surface area contributed by atoms with Crippen molar-refractivity contribution in [2.75, 3.05) is 12.9 Å². The van der Waals surface area contributed by atoms with Crippen molar-refractivity contribution >= 4 is 35.4 Å². The summed E-state index contributed by atoms with van der Waals surface area (Å²) in [5.41, 5.74) is 3.50. The van der Waals surface area contributed by atoms with Crippen LogP contribution < -0.4 is 0 Å². The van der Waals surface area contributed by atoms with Crippen molar-refractivity contribution in [1.29, 1.82) is 0 Å². The Bertz CT molecular complexity index is 1150. The Hall–Kier alpha value is -2.70. The van der Waals surface area contributed by atoms with Gasteiger partial charge in [0.15, 0.2) is 0 Å². The van der Waals surface area contributed by atoms with E-state index in [2.05, 4.69) is 38.1 Å². The number of carbonyl (C=O) groups excluding carboxylic acids is 2. The number of benzene rings is 3. The van der Waals surface area contributed by atoms with Crippen molar-refractivity contribution in [2.24, 2.45) is 11.8 Å². The number of hydrogen-bond acceptors (Lipinski definition) is 5. The van der Waals surface area contributed by atoms with Gasteiger partial charge in [-0.3, -0.25) is 9.59 Å². The molecule has 1 aliphatic heterocycles. The average molecular weight is 534 g/mol. The molecular weight excluding hydrogens is 498 g/mol. The molecule has 4 nitrogen and oxygen atoms in total. The van der Waals surface area contributed by atoms with Crippen LogP contribution in [0.4, 0.5) is 0 Å². The van der Waals surface area contributed by atoms with E-state index in [0.717, 1.165) is 17.1 Å². The third-order valence-electron chi connectivity index (χ3n) is 6.95. The summed E-state index contributed by atoms with van der Waals surface area (Å²) < 4.78 is 4.95. The van der Waals surface area contributed by atoms with Crippen LogP contribution in [0.2, 0.25) is 0 Å². The van der Waals surface area contributed by atoms with Crippen molar-refractivity contribution in [3.8, 4) is 0 Å².